The van der Waals surface area contributed by atoms with Crippen LogP contribution in [0.4, 0.5) is 0 Å². The highest BCUT2D eigenvalue weighted by Crippen LogP contribution is 2.02. The molecule has 0 aromatic heterocycles. The summed E-state index contributed by atoms with van der Waals surface area (Å²) in [6.45, 7) is 0. The van der Waals surface area contributed by atoms with Crippen LogP contribution in [0.15, 0.2) is 10.6 Å². The topological polar surface area (TPSA) is 74.6 Å². The molecule has 0 aromatic carbocycles. The van der Waals surface area contributed by atoms with Crippen LogP contribution in [0.2, 0.25) is 0 Å². The van der Waals surface area contributed by atoms with E-state index in [1.54, 1.807) is 0 Å². The van der Waals surface area contributed by atoms with E-state index in [0.29, 0.717) is 6.08 Å². The zero-order chi connectivity index (χ0) is 7.44. The molecule has 0 aliphatic carbocycles. The van der Waals surface area contributed by atoms with E-state index in [1.807, 2.05) is 0 Å². The maximum atomic E-state index is 9.86. The first-order chi connectivity index (χ1) is 4.04. The molecule has 0 spiro atoms. The second-order valence-electron chi connectivity index (χ2n) is 1.14. The fourth-order valence-electron chi connectivity index (χ4n) is 0.170. The van der Waals surface area contributed by atoms with Crippen LogP contribution in [-0.2, 0) is 9.59 Å². The fraction of sp³-hybridized carbons (Fsp3) is 0. The summed E-state index contributed by atoms with van der Waals surface area (Å²) in [6, 6.07) is 0. The van der Waals surface area contributed by atoms with E-state index in [1.165, 1.54) is 0 Å². The molecule has 4 nitrogen and oxygen atoms in total. The number of carboxylic acid groups (broad SMARTS) is 2. The Morgan fingerprint density at radius 2 is 1.78 bits per heavy atom. The van der Waals surface area contributed by atoms with Gasteiger partial charge in [0.25, 0.3) is 0 Å². The molecule has 0 atom stereocenters. The zero-order valence-electron chi connectivity index (χ0n) is 4.17. The number of carbonyl (C=O) groups is 2. The Morgan fingerprint density at radius 1 is 1.33 bits per heavy atom. The summed E-state index contributed by atoms with van der Waals surface area (Å²) in [6.07, 6.45) is 0.558. The molecule has 50 valence electrons. The van der Waals surface area contributed by atoms with Crippen LogP contribution < -0.4 is 0 Å². The summed E-state index contributed by atoms with van der Waals surface area (Å²) in [5.74, 6) is -2.58. The Kier molecular flexibility index (Phi) is 2.94. The molecule has 0 saturated carbocycles. The van der Waals surface area contributed by atoms with Crippen molar-refractivity contribution in [3.8, 4) is 0 Å². The summed E-state index contributed by atoms with van der Waals surface area (Å²) < 4.78 is -0.366. The van der Waals surface area contributed by atoms with Crippen molar-refractivity contribution in [3.05, 3.63) is 10.6 Å². The zero-order valence-corrected chi connectivity index (χ0v) is 5.75. The summed E-state index contributed by atoms with van der Waals surface area (Å²) >= 11 is 2.52. The molecule has 0 aromatic rings. The van der Waals surface area contributed by atoms with Gasteiger partial charge in [-0.2, -0.15) is 0 Å². The Bertz CT molecular complexity index is 171. The van der Waals surface area contributed by atoms with Crippen LogP contribution in [-0.4, -0.2) is 22.2 Å². The van der Waals surface area contributed by atoms with Crippen molar-refractivity contribution in [2.24, 2.45) is 0 Å². The second kappa shape index (κ2) is 3.24. The van der Waals surface area contributed by atoms with E-state index in [2.05, 4.69) is 15.9 Å². The van der Waals surface area contributed by atoms with Gasteiger partial charge in [0.2, 0.25) is 0 Å². The molecule has 9 heavy (non-hydrogen) atoms. The average molecular weight is 195 g/mol. The van der Waals surface area contributed by atoms with Crippen molar-refractivity contribution < 1.29 is 19.8 Å². The number of carboxylic acids is 2. The maximum Gasteiger partial charge on any atom is 0.343 e. The molecule has 0 aliphatic heterocycles. The molecular formula is C4H3BrO4. The van der Waals surface area contributed by atoms with Crippen LogP contribution in [0.25, 0.3) is 0 Å². The van der Waals surface area contributed by atoms with Crippen LogP contribution in [0.1, 0.15) is 0 Å². The van der Waals surface area contributed by atoms with E-state index in [-0.39, 0.29) is 4.48 Å². The number of halogens is 1. The first kappa shape index (κ1) is 8.16. The van der Waals surface area contributed by atoms with Gasteiger partial charge in [-0.3, -0.25) is 0 Å². The third-order valence-corrected chi connectivity index (χ3v) is 1.02. The largest absolute Gasteiger partial charge is 0.478 e. The van der Waals surface area contributed by atoms with Crippen LogP contribution in [0.5, 0.6) is 0 Å². The minimum absolute atomic E-state index is 0.366. The standard InChI is InChI=1S/C4H3BrO4/c5-2(4(8)9)1-3(6)7/h1H,(H,6,7)(H,8,9)/b2-1-. The summed E-state index contributed by atoms with van der Waals surface area (Å²) in [5, 5.41) is 16.0. The molecule has 0 rings (SSSR count). The molecular weight excluding hydrogens is 192 g/mol. The lowest BCUT2D eigenvalue weighted by Gasteiger charge is -1.84. The van der Waals surface area contributed by atoms with E-state index in [9.17, 15) is 9.59 Å². The van der Waals surface area contributed by atoms with Gasteiger partial charge < -0.3 is 10.2 Å². The Hall–Kier alpha value is -0.840. The highest BCUT2D eigenvalue weighted by atomic mass is 79.9. The Balaban J connectivity index is 4.17. The molecule has 2 N–H and O–H groups in total. The van der Waals surface area contributed by atoms with Gasteiger partial charge in [-0.15, -0.1) is 0 Å². The van der Waals surface area contributed by atoms with Gasteiger partial charge in [-0.25, -0.2) is 9.59 Å². The molecule has 0 radical (unpaired) electrons. The van der Waals surface area contributed by atoms with Crippen molar-refractivity contribution in [3.63, 3.8) is 0 Å². The van der Waals surface area contributed by atoms with Crippen molar-refractivity contribution in [1.29, 1.82) is 0 Å². The smallest absolute Gasteiger partial charge is 0.343 e. The fourth-order valence-corrected chi connectivity index (χ4v) is 0.366. The van der Waals surface area contributed by atoms with Crippen molar-refractivity contribution in [2.75, 3.05) is 0 Å². The number of hydrogen-bond acceptors (Lipinski definition) is 2. The van der Waals surface area contributed by atoms with E-state index in [0.717, 1.165) is 0 Å². The molecule has 0 saturated heterocycles. The summed E-state index contributed by atoms with van der Waals surface area (Å²) in [4.78, 5) is 19.6. The number of hydrogen-bond donors (Lipinski definition) is 2. The van der Waals surface area contributed by atoms with Crippen molar-refractivity contribution >= 4 is 27.9 Å². The van der Waals surface area contributed by atoms with Crippen LogP contribution in [0, 0.1) is 0 Å². The lowest BCUT2D eigenvalue weighted by Crippen LogP contribution is -1.97. The Labute approximate surface area is 58.9 Å². The molecule has 0 amide bonds. The minimum Gasteiger partial charge on any atom is -0.478 e. The maximum absolute atomic E-state index is 9.86. The van der Waals surface area contributed by atoms with Gasteiger partial charge in [0.05, 0.1) is 0 Å². The first-order valence-electron chi connectivity index (χ1n) is 1.87. The van der Waals surface area contributed by atoms with Gasteiger partial charge in [0.1, 0.15) is 4.48 Å². The summed E-state index contributed by atoms with van der Waals surface area (Å²) in [7, 11) is 0. The molecule has 5 heteroatoms. The SMILES string of the molecule is O=C(O)/C=C(\Br)C(=O)O. The number of rotatable bonds is 2. The number of aliphatic carboxylic acids is 2. The van der Waals surface area contributed by atoms with Gasteiger partial charge in [0.15, 0.2) is 0 Å². The van der Waals surface area contributed by atoms with Gasteiger partial charge in [0, 0.05) is 6.08 Å². The normalized spacial score (nSPS) is 11.0. The lowest BCUT2D eigenvalue weighted by molar-refractivity contribution is -0.134. The van der Waals surface area contributed by atoms with Gasteiger partial charge in [-0.1, -0.05) is 0 Å². The molecule has 0 aliphatic rings. The molecule has 0 unspecified atom stereocenters. The minimum atomic E-state index is -1.29. The van der Waals surface area contributed by atoms with Gasteiger partial charge >= 0.3 is 11.9 Å². The first-order valence-corrected chi connectivity index (χ1v) is 2.66. The molecule has 0 heterocycles. The van der Waals surface area contributed by atoms with E-state index in [4.69, 9.17) is 10.2 Å². The monoisotopic (exact) mass is 194 g/mol. The highest BCUT2D eigenvalue weighted by Gasteiger charge is 2.02. The van der Waals surface area contributed by atoms with E-state index >= 15 is 0 Å². The second-order valence-corrected chi connectivity index (χ2v) is 1.99. The third kappa shape index (κ3) is 3.72. The van der Waals surface area contributed by atoms with Crippen molar-refractivity contribution in [2.45, 2.75) is 0 Å². The van der Waals surface area contributed by atoms with Gasteiger partial charge in [-0.05, 0) is 15.9 Å². The van der Waals surface area contributed by atoms with Crippen LogP contribution in [0.3, 0.4) is 0 Å². The van der Waals surface area contributed by atoms with Crippen LogP contribution >= 0.6 is 15.9 Å². The van der Waals surface area contributed by atoms with Crippen molar-refractivity contribution in [1.82, 2.24) is 0 Å². The highest BCUT2D eigenvalue weighted by molar-refractivity contribution is 9.12. The molecule has 0 fully saturated rings. The third-order valence-electron chi connectivity index (χ3n) is 0.455. The Morgan fingerprint density at radius 3 is 1.89 bits per heavy atom. The molecule has 0 bridgehead atoms. The average Bonchev–Trinajstić information content (AvgIpc) is 1.63. The predicted molar refractivity (Wildman–Crippen MR) is 32.3 cm³/mol. The predicted octanol–water partition coefficient (Wildman–Crippen LogP) is 0.434. The summed E-state index contributed by atoms with van der Waals surface area (Å²) in [5.41, 5.74) is 0. The lowest BCUT2D eigenvalue weighted by atomic mass is 10.5. The van der Waals surface area contributed by atoms with E-state index < -0.39 is 11.9 Å². The quantitative estimate of drug-likeness (QED) is 0.626.